The summed E-state index contributed by atoms with van der Waals surface area (Å²) in [7, 11) is -4.21. The normalized spacial score (nSPS) is 16.0. The zero-order valence-corrected chi connectivity index (χ0v) is 17.7. The number of likely N-dealkylation sites (tertiary alicyclic amines) is 1. The van der Waals surface area contributed by atoms with E-state index in [1.54, 1.807) is 12.1 Å². The highest BCUT2D eigenvalue weighted by molar-refractivity contribution is 7.60. The number of para-hydroxylation sites is 1. The second-order valence-electron chi connectivity index (χ2n) is 7.49. The zero-order chi connectivity index (χ0) is 20.9. The van der Waals surface area contributed by atoms with Crippen LogP contribution >= 0.6 is 7.60 Å². The molecule has 1 fully saturated rings. The Kier molecular flexibility index (Phi) is 7.25. The van der Waals surface area contributed by atoms with Gasteiger partial charge < -0.3 is 19.6 Å². The molecule has 29 heavy (non-hydrogen) atoms. The molecule has 1 heterocycles. The summed E-state index contributed by atoms with van der Waals surface area (Å²) >= 11 is 0. The van der Waals surface area contributed by atoms with E-state index in [-0.39, 0.29) is 17.3 Å². The Bertz CT molecular complexity index is 860. The summed E-state index contributed by atoms with van der Waals surface area (Å²) in [5, 5.41) is 0.0743. The molecule has 2 aromatic rings. The lowest BCUT2D eigenvalue weighted by molar-refractivity contribution is -0.119. The number of anilines is 1. The Morgan fingerprint density at radius 1 is 1.10 bits per heavy atom. The summed E-state index contributed by atoms with van der Waals surface area (Å²) in [5.41, 5.74) is 1.90. The fourth-order valence-electron chi connectivity index (χ4n) is 3.90. The van der Waals surface area contributed by atoms with Crippen molar-refractivity contribution in [3.8, 4) is 0 Å². The largest absolute Gasteiger partial charge is 0.356 e. The zero-order valence-electron chi connectivity index (χ0n) is 16.8. The molecule has 7 heteroatoms. The van der Waals surface area contributed by atoms with Crippen LogP contribution in [-0.4, -0.2) is 46.3 Å². The lowest BCUT2D eigenvalue weighted by Crippen LogP contribution is -2.47. The third-order valence-corrected chi connectivity index (χ3v) is 6.44. The minimum absolute atomic E-state index is 0.0743. The number of amides is 1. The first-order chi connectivity index (χ1) is 13.9. The molecule has 0 aliphatic carbocycles. The predicted molar refractivity (Wildman–Crippen MR) is 116 cm³/mol. The molecule has 0 atom stereocenters. The van der Waals surface area contributed by atoms with Gasteiger partial charge >= 0.3 is 7.60 Å². The van der Waals surface area contributed by atoms with Gasteiger partial charge in [-0.3, -0.25) is 9.36 Å². The monoisotopic (exact) mass is 416 g/mol. The maximum Gasteiger partial charge on any atom is 0.356 e. The second kappa shape index (κ2) is 9.68. The number of hydrogen-bond acceptors (Lipinski definition) is 3. The van der Waals surface area contributed by atoms with Gasteiger partial charge in [-0.25, -0.2) is 0 Å². The topological polar surface area (TPSA) is 81.1 Å². The maximum atomic E-state index is 12.6. The van der Waals surface area contributed by atoms with Crippen LogP contribution in [0.3, 0.4) is 0 Å². The van der Waals surface area contributed by atoms with Crippen LogP contribution in [0.1, 0.15) is 31.7 Å². The van der Waals surface area contributed by atoms with Gasteiger partial charge in [0.05, 0.1) is 5.30 Å². The van der Waals surface area contributed by atoms with E-state index in [0.717, 1.165) is 50.1 Å². The average Bonchev–Trinajstić information content (AvgIpc) is 2.73. The number of nitrogens with zero attached hydrogens (tertiary/aromatic N) is 2. The molecule has 1 aliphatic rings. The van der Waals surface area contributed by atoms with Crippen LogP contribution in [0, 0.1) is 0 Å². The average molecular weight is 416 g/mol. The smallest absolute Gasteiger partial charge is 0.321 e. The van der Waals surface area contributed by atoms with Gasteiger partial charge in [-0.15, -0.1) is 0 Å². The third kappa shape index (κ3) is 5.77. The van der Waals surface area contributed by atoms with Crippen molar-refractivity contribution in [2.24, 2.45) is 0 Å². The van der Waals surface area contributed by atoms with Gasteiger partial charge in [-0.1, -0.05) is 37.3 Å². The van der Waals surface area contributed by atoms with E-state index in [2.05, 4.69) is 4.90 Å². The highest BCUT2D eigenvalue weighted by atomic mass is 31.2. The molecule has 156 valence electrons. The van der Waals surface area contributed by atoms with E-state index >= 15 is 0 Å². The van der Waals surface area contributed by atoms with Crippen molar-refractivity contribution < 1.29 is 19.1 Å². The van der Waals surface area contributed by atoms with Gasteiger partial charge in [-0.05, 0) is 49.1 Å². The number of piperidine rings is 1. The van der Waals surface area contributed by atoms with Crippen molar-refractivity contribution in [3.05, 3.63) is 60.2 Å². The standard InChI is InChI=1S/C22H29N2O4P/c1-2-22(25)24(19-8-4-3-5-9-19)20-12-15-23(16-13-20)14-11-18-7-6-10-21(17-18)29(26,27)28/h3-10,17,20H,2,11-16H2,1H3,(H2,26,27,28). The van der Waals surface area contributed by atoms with E-state index in [1.807, 2.05) is 48.2 Å². The molecule has 2 aromatic carbocycles. The van der Waals surface area contributed by atoms with Crippen molar-refractivity contribution in [1.29, 1.82) is 0 Å². The number of rotatable bonds is 7. The van der Waals surface area contributed by atoms with Gasteiger partial charge in [0.2, 0.25) is 5.91 Å². The fraction of sp³-hybridized carbons (Fsp3) is 0.409. The molecule has 1 saturated heterocycles. The van der Waals surface area contributed by atoms with E-state index in [1.165, 1.54) is 6.07 Å². The molecular formula is C22H29N2O4P. The van der Waals surface area contributed by atoms with Crippen LogP contribution in [0.4, 0.5) is 5.69 Å². The van der Waals surface area contributed by atoms with Gasteiger partial charge in [0, 0.05) is 37.8 Å². The Morgan fingerprint density at radius 3 is 2.41 bits per heavy atom. The van der Waals surface area contributed by atoms with Crippen LogP contribution in [0.2, 0.25) is 0 Å². The minimum atomic E-state index is -4.21. The molecule has 0 saturated carbocycles. The Balaban J connectivity index is 1.57. The molecule has 3 rings (SSSR count). The highest BCUT2D eigenvalue weighted by Crippen LogP contribution is 2.33. The molecule has 6 nitrogen and oxygen atoms in total. The SMILES string of the molecule is CCC(=O)N(c1ccccc1)C1CCN(CCc2cccc(P(=O)(O)O)c2)CC1. The van der Waals surface area contributed by atoms with Crippen molar-refractivity contribution in [1.82, 2.24) is 4.90 Å². The lowest BCUT2D eigenvalue weighted by atomic mass is 10.0. The van der Waals surface area contributed by atoms with Gasteiger partial charge in [0.25, 0.3) is 0 Å². The number of carbonyl (C=O) groups excluding carboxylic acids is 1. The predicted octanol–water partition coefficient (Wildman–Crippen LogP) is 2.94. The summed E-state index contributed by atoms with van der Waals surface area (Å²) in [6, 6.07) is 16.8. The highest BCUT2D eigenvalue weighted by Gasteiger charge is 2.28. The first kappa shape index (κ1) is 21.7. The van der Waals surface area contributed by atoms with Crippen LogP contribution in [0.15, 0.2) is 54.6 Å². The summed E-state index contributed by atoms with van der Waals surface area (Å²) < 4.78 is 11.4. The molecule has 0 spiro atoms. The van der Waals surface area contributed by atoms with Gasteiger partial charge in [0.1, 0.15) is 0 Å². The van der Waals surface area contributed by atoms with Gasteiger partial charge in [-0.2, -0.15) is 0 Å². The second-order valence-corrected chi connectivity index (χ2v) is 9.09. The third-order valence-electron chi connectivity index (χ3n) is 5.49. The number of benzene rings is 2. The molecule has 0 aromatic heterocycles. The van der Waals surface area contributed by atoms with E-state index in [4.69, 9.17) is 0 Å². The molecule has 0 radical (unpaired) electrons. The number of carbonyl (C=O) groups is 1. The van der Waals surface area contributed by atoms with Gasteiger partial charge in [0.15, 0.2) is 0 Å². The lowest BCUT2D eigenvalue weighted by Gasteiger charge is -2.38. The molecule has 1 aliphatic heterocycles. The molecule has 2 N–H and O–H groups in total. The molecule has 0 unspecified atom stereocenters. The molecular weight excluding hydrogens is 387 g/mol. The maximum absolute atomic E-state index is 12.6. The van der Waals surface area contributed by atoms with Crippen molar-refractivity contribution >= 4 is 24.5 Å². The van der Waals surface area contributed by atoms with E-state index in [9.17, 15) is 19.1 Å². The quantitative estimate of drug-likeness (QED) is 0.679. The summed E-state index contributed by atoms with van der Waals surface area (Å²) in [6.45, 7) is 4.55. The first-order valence-electron chi connectivity index (χ1n) is 10.1. The molecule has 0 bridgehead atoms. The van der Waals surface area contributed by atoms with E-state index in [0.29, 0.717) is 6.42 Å². The summed E-state index contributed by atoms with van der Waals surface area (Å²) in [4.78, 5) is 35.6. The van der Waals surface area contributed by atoms with Crippen molar-refractivity contribution in [3.63, 3.8) is 0 Å². The minimum Gasteiger partial charge on any atom is -0.321 e. The Hall–Kier alpha value is -1.98. The van der Waals surface area contributed by atoms with Crippen LogP contribution < -0.4 is 10.2 Å². The Labute approximate surface area is 172 Å². The summed E-state index contributed by atoms with van der Waals surface area (Å²) in [6.07, 6.45) is 3.08. The Morgan fingerprint density at radius 2 is 1.79 bits per heavy atom. The van der Waals surface area contributed by atoms with Crippen LogP contribution in [0.25, 0.3) is 0 Å². The van der Waals surface area contributed by atoms with Crippen LogP contribution in [0.5, 0.6) is 0 Å². The number of hydrogen-bond donors (Lipinski definition) is 2. The van der Waals surface area contributed by atoms with E-state index < -0.39 is 7.60 Å². The molecule has 1 amide bonds. The first-order valence-corrected chi connectivity index (χ1v) is 11.7. The van der Waals surface area contributed by atoms with Crippen LogP contribution in [-0.2, 0) is 15.8 Å². The summed E-state index contributed by atoms with van der Waals surface area (Å²) in [5.74, 6) is 0.156. The van der Waals surface area contributed by atoms with Crippen molar-refractivity contribution in [2.75, 3.05) is 24.5 Å². The van der Waals surface area contributed by atoms with Crippen molar-refractivity contribution in [2.45, 2.75) is 38.6 Å². The fourth-order valence-corrected chi connectivity index (χ4v) is 4.51.